The van der Waals surface area contributed by atoms with E-state index in [4.69, 9.17) is 5.84 Å². The topological polar surface area (TPSA) is 63.8 Å². The van der Waals surface area contributed by atoms with Gasteiger partial charge in [0.15, 0.2) is 0 Å². The van der Waals surface area contributed by atoms with Crippen molar-refractivity contribution in [2.45, 2.75) is 12.5 Å². The summed E-state index contributed by atoms with van der Waals surface area (Å²) >= 11 is 0. The van der Waals surface area contributed by atoms with Crippen LogP contribution in [-0.2, 0) is 6.42 Å². The second kappa shape index (κ2) is 5.61. The smallest absolute Gasteiger partial charge is 0.129 e. The molecule has 18 heavy (non-hydrogen) atoms. The number of nitrogens with one attached hydrogen (secondary N) is 1. The first-order valence-corrected chi connectivity index (χ1v) is 5.37. The molecule has 6 heteroatoms. The van der Waals surface area contributed by atoms with E-state index in [1.54, 1.807) is 12.3 Å². The average molecular weight is 250 g/mol. The molecule has 0 fully saturated rings. The third kappa shape index (κ3) is 2.85. The maximum absolute atomic E-state index is 13.5. The van der Waals surface area contributed by atoms with Gasteiger partial charge in [-0.2, -0.15) is 10.2 Å². The van der Waals surface area contributed by atoms with Gasteiger partial charge in [-0.1, -0.05) is 6.07 Å². The van der Waals surface area contributed by atoms with Gasteiger partial charge in [0.2, 0.25) is 0 Å². The van der Waals surface area contributed by atoms with E-state index in [1.807, 2.05) is 0 Å². The molecule has 2 rings (SSSR count). The number of halogens is 2. The number of nitrogens with two attached hydrogens (primary N) is 1. The number of aromatic nitrogens is 2. The van der Waals surface area contributed by atoms with Crippen molar-refractivity contribution in [2.24, 2.45) is 5.84 Å². The van der Waals surface area contributed by atoms with Crippen LogP contribution in [0.4, 0.5) is 8.78 Å². The van der Waals surface area contributed by atoms with Crippen LogP contribution in [0.15, 0.2) is 36.7 Å². The summed E-state index contributed by atoms with van der Waals surface area (Å²) in [6.45, 7) is 0. The molecule has 0 bridgehead atoms. The van der Waals surface area contributed by atoms with Gasteiger partial charge in [0.1, 0.15) is 11.6 Å². The van der Waals surface area contributed by atoms with Crippen LogP contribution in [0.3, 0.4) is 0 Å². The molecule has 3 N–H and O–H groups in total. The number of rotatable bonds is 4. The summed E-state index contributed by atoms with van der Waals surface area (Å²) in [7, 11) is 0. The number of hydrogen-bond acceptors (Lipinski definition) is 4. The predicted octanol–water partition coefficient (Wildman–Crippen LogP) is 1.50. The molecule has 1 aromatic heterocycles. The number of benzene rings is 1. The van der Waals surface area contributed by atoms with E-state index in [0.717, 1.165) is 11.6 Å². The summed E-state index contributed by atoms with van der Waals surface area (Å²) in [4.78, 5) is 0. The maximum Gasteiger partial charge on any atom is 0.129 e. The Labute approximate surface area is 103 Å². The Morgan fingerprint density at radius 2 is 2.06 bits per heavy atom. The quantitative estimate of drug-likeness (QED) is 0.637. The lowest BCUT2D eigenvalue weighted by Crippen LogP contribution is -2.30. The van der Waals surface area contributed by atoms with Gasteiger partial charge in [-0.3, -0.25) is 11.3 Å². The molecular weight excluding hydrogens is 238 g/mol. The fourth-order valence-corrected chi connectivity index (χ4v) is 1.69. The number of nitrogens with zero attached hydrogens (tertiary/aromatic N) is 2. The molecule has 1 heterocycles. The Balaban J connectivity index is 2.21. The molecule has 0 saturated carbocycles. The average Bonchev–Trinajstić information content (AvgIpc) is 2.39. The van der Waals surface area contributed by atoms with Crippen molar-refractivity contribution in [3.05, 3.63) is 59.4 Å². The molecule has 4 nitrogen and oxygen atoms in total. The van der Waals surface area contributed by atoms with E-state index >= 15 is 0 Å². The Morgan fingerprint density at radius 3 is 2.67 bits per heavy atom. The largest absolute Gasteiger partial charge is 0.271 e. The first-order valence-electron chi connectivity index (χ1n) is 5.37. The third-order valence-corrected chi connectivity index (χ3v) is 2.65. The van der Waals surface area contributed by atoms with Crippen molar-refractivity contribution in [1.82, 2.24) is 15.6 Å². The maximum atomic E-state index is 13.5. The highest BCUT2D eigenvalue weighted by molar-refractivity contribution is 5.22. The molecule has 0 aliphatic carbocycles. The molecule has 0 aliphatic heterocycles. The summed E-state index contributed by atoms with van der Waals surface area (Å²) in [5, 5.41) is 7.39. The van der Waals surface area contributed by atoms with Gasteiger partial charge in [0, 0.05) is 12.3 Å². The van der Waals surface area contributed by atoms with E-state index < -0.39 is 11.6 Å². The van der Waals surface area contributed by atoms with Crippen LogP contribution in [0.5, 0.6) is 0 Å². The molecule has 94 valence electrons. The highest BCUT2D eigenvalue weighted by atomic mass is 19.1. The van der Waals surface area contributed by atoms with Gasteiger partial charge in [-0.15, -0.1) is 0 Å². The van der Waals surface area contributed by atoms with Crippen molar-refractivity contribution >= 4 is 0 Å². The molecule has 0 aliphatic rings. The standard InChI is InChI=1S/C12H12F2N4/c13-10-2-1-8(11(14)6-10)5-12(18-15)9-3-4-16-17-7-9/h1-4,6-7,12,18H,5,15H2. The summed E-state index contributed by atoms with van der Waals surface area (Å²) < 4.78 is 26.3. The van der Waals surface area contributed by atoms with Gasteiger partial charge >= 0.3 is 0 Å². The molecular formula is C12H12F2N4. The van der Waals surface area contributed by atoms with Crippen LogP contribution in [0, 0.1) is 11.6 Å². The van der Waals surface area contributed by atoms with Crippen molar-refractivity contribution in [1.29, 1.82) is 0 Å². The SMILES string of the molecule is NNC(Cc1ccc(F)cc1F)c1ccnnc1. The van der Waals surface area contributed by atoms with E-state index in [1.165, 1.54) is 18.3 Å². The Kier molecular flexibility index (Phi) is 3.91. The van der Waals surface area contributed by atoms with Crippen molar-refractivity contribution in [2.75, 3.05) is 0 Å². The van der Waals surface area contributed by atoms with Gasteiger partial charge in [-0.05, 0) is 29.7 Å². The van der Waals surface area contributed by atoms with Gasteiger partial charge in [0.05, 0.1) is 12.2 Å². The summed E-state index contributed by atoms with van der Waals surface area (Å²) in [5.41, 5.74) is 3.75. The lowest BCUT2D eigenvalue weighted by atomic mass is 10.0. The third-order valence-electron chi connectivity index (χ3n) is 2.65. The minimum atomic E-state index is -0.598. The molecule has 2 aromatic rings. The Hall–Kier alpha value is -1.92. The van der Waals surface area contributed by atoms with E-state index in [0.29, 0.717) is 12.0 Å². The van der Waals surface area contributed by atoms with Crippen molar-refractivity contribution in [3.63, 3.8) is 0 Å². The van der Waals surface area contributed by atoms with Crippen molar-refractivity contribution in [3.8, 4) is 0 Å². The fraction of sp³-hybridized carbons (Fsp3) is 0.167. The molecule has 0 amide bonds. The van der Waals surface area contributed by atoms with Crippen LogP contribution in [0.2, 0.25) is 0 Å². The zero-order chi connectivity index (χ0) is 13.0. The Morgan fingerprint density at radius 1 is 1.22 bits per heavy atom. The zero-order valence-electron chi connectivity index (χ0n) is 9.48. The molecule has 1 unspecified atom stereocenters. The molecule has 1 atom stereocenters. The predicted molar refractivity (Wildman–Crippen MR) is 62.2 cm³/mol. The zero-order valence-corrected chi connectivity index (χ0v) is 9.48. The monoisotopic (exact) mass is 250 g/mol. The molecule has 0 saturated heterocycles. The molecule has 1 aromatic carbocycles. The number of hydrogen-bond donors (Lipinski definition) is 2. The van der Waals surface area contributed by atoms with Gasteiger partial charge in [-0.25, -0.2) is 8.78 Å². The van der Waals surface area contributed by atoms with Crippen LogP contribution in [0.1, 0.15) is 17.2 Å². The first-order chi connectivity index (χ1) is 8.70. The van der Waals surface area contributed by atoms with Gasteiger partial charge in [0.25, 0.3) is 0 Å². The first kappa shape index (κ1) is 12.5. The summed E-state index contributed by atoms with van der Waals surface area (Å²) in [5.74, 6) is 4.25. The van der Waals surface area contributed by atoms with E-state index in [2.05, 4.69) is 15.6 Å². The highest BCUT2D eigenvalue weighted by Crippen LogP contribution is 2.19. The molecule has 0 radical (unpaired) electrons. The number of hydrazine groups is 1. The minimum absolute atomic E-state index is 0.300. The fourth-order valence-electron chi connectivity index (χ4n) is 1.69. The normalized spacial score (nSPS) is 12.4. The lowest BCUT2D eigenvalue weighted by Gasteiger charge is -2.16. The molecule has 0 spiro atoms. The van der Waals surface area contributed by atoms with E-state index in [-0.39, 0.29) is 6.04 Å². The van der Waals surface area contributed by atoms with Crippen molar-refractivity contribution < 1.29 is 8.78 Å². The van der Waals surface area contributed by atoms with Crippen LogP contribution in [-0.4, -0.2) is 10.2 Å². The van der Waals surface area contributed by atoms with E-state index in [9.17, 15) is 8.78 Å². The lowest BCUT2D eigenvalue weighted by molar-refractivity contribution is 0.520. The summed E-state index contributed by atoms with van der Waals surface area (Å²) in [6.07, 6.45) is 3.38. The van der Waals surface area contributed by atoms with Gasteiger partial charge < -0.3 is 0 Å². The highest BCUT2D eigenvalue weighted by Gasteiger charge is 2.13. The summed E-state index contributed by atoms with van der Waals surface area (Å²) in [6, 6.07) is 4.91. The van der Waals surface area contributed by atoms with Crippen LogP contribution < -0.4 is 11.3 Å². The minimum Gasteiger partial charge on any atom is -0.271 e. The Bertz CT molecular complexity index is 519. The second-order valence-electron chi connectivity index (χ2n) is 3.83. The van der Waals surface area contributed by atoms with Crippen LogP contribution >= 0.6 is 0 Å². The van der Waals surface area contributed by atoms with Crippen LogP contribution in [0.25, 0.3) is 0 Å². The second-order valence-corrected chi connectivity index (χ2v) is 3.83.